The Hall–Kier alpha value is -4.68. The van der Waals surface area contributed by atoms with Gasteiger partial charge in [0.15, 0.2) is 0 Å². The van der Waals surface area contributed by atoms with Crippen molar-refractivity contribution in [2.24, 2.45) is 0 Å². The fourth-order valence-corrected chi connectivity index (χ4v) is 5.19. The minimum atomic E-state index is -5.34. The van der Waals surface area contributed by atoms with Crippen LogP contribution in [0, 0.1) is 11.6 Å². The SMILES string of the molecule is COC(=O)C1=C(C)NC(C)=C(C(=O)OCCCCCCOc2cc(-c3ccccc3)[nH]n2)C1c1c(F)ccc(F)c1C(F)(F)F. The van der Waals surface area contributed by atoms with E-state index in [0.29, 0.717) is 43.9 Å². The molecule has 2 N–H and O–H groups in total. The van der Waals surface area contributed by atoms with E-state index < -0.39 is 57.9 Å². The van der Waals surface area contributed by atoms with Gasteiger partial charge < -0.3 is 19.5 Å². The number of halogens is 5. The normalized spacial score (nSPS) is 15.2. The molecule has 0 aliphatic carbocycles. The molecule has 1 atom stereocenters. The largest absolute Gasteiger partial charge is 0.477 e. The van der Waals surface area contributed by atoms with E-state index in [2.05, 4.69) is 15.5 Å². The van der Waals surface area contributed by atoms with Gasteiger partial charge in [-0.2, -0.15) is 13.2 Å². The van der Waals surface area contributed by atoms with Gasteiger partial charge in [-0.25, -0.2) is 18.4 Å². The number of H-pyrrole nitrogens is 1. The van der Waals surface area contributed by atoms with Gasteiger partial charge in [-0.3, -0.25) is 5.10 Å². The van der Waals surface area contributed by atoms with Gasteiger partial charge in [0.25, 0.3) is 0 Å². The molecule has 0 saturated heterocycles. The molecule has 13 heteroatoms. The Morgan fingerprint density at radius 2 is 1.49 bits per heavy atom. The van der Waals surface area contributed by atoms with Crippen molar-refractivity contribution < 1.29 is 45.8 Å². The molecule has 1 unspecified atom stereocenters. The van der Waals surface area contributed by atoms with E-state index >= 15 is 4.39 Å². The smallest absolute Gasteiger partial charge is 0.419 e. The third kappa shape index (κ3) is 7.70. The van der Waals surface area contributed by atoms with E-state index in [1.807, 2.05) is 30.3 Å². The van der Waals surface area contributed by atoms with Gasteiger partial charge in [0.05, 0.1) is 48.6 Å². The second-order valence-corrected chi connectivity index (χ2v) is 10.3. The lowest BCUT2D eigenvalue weighted by Gasteiger charge is -2.32. The highest BCUT2D eigenvalue weighted by Gasteiger charge is 2.46. The molecule has 2 aromatic carbocycles. The average Bonchev–Trinajstić information content (AvgIpc) is 3.47. The number of hydrogen-bond donors (Lipinski definition) is 2. The standard InChI is InChI=1S/C32H32F5N3O5/c1-18-25(30(41)43-3)28(27-21(33)13-14-22(34)29(27)32(35,36)37)26(19(2)38-18)31(42)45-16-10-5-4-9-15-44-24-17-23(39-40-24)20-11-7-6-8-12-20/h6-8,11-14,17,28,38H,4-5,9-10,15-16H2,1-3H3,(H,39,40). The average molecular weight is 634 g/mol. The van der Waals surface area contributed by atoms with E-state index in [4.69, 9.17) is 14.2 Å². The summed E-state index contributed by atoms with van der Waals surface area (Å²) in [6.45, 7) is 3.03. The number of benzene rings is 2. The lowest BCUT2D eigenvalue weighted by molar-refractivity contribution is -0.143. The van der Waals surface area contributed by atoms with E-state index in [0.717, 1.165) is 24.8 Å². The first kappa shape index (κ1) is 33.2. The summed E-state index contributed by atoms with van der Waals surface area (Å²) in [5, 5.41) is 9.82. The molecule has 0 amide bonds. The van der Waals surface area contributed by atoms with Crippen molar-refractivity contribution >= 4 is 11.9 Å². The molecule has 1 aliphatic heterocycles. The molecule has 8 nitrogen and oxygen atoms in total. The summed E-state index contributed by atoms with van der Waals surface area (Å²) >= 11 is 0. The number of hydrogen-bond acceptors (Lipinski definition) is 7. The van der Waals surface area contributed by atoms with E-state index in [1.54, 1.807) is 6.07 Å². The number of carbonyl (C=O) groups excluding carboxylic acids is 2. The summed E-state index contributed by atoms with van der Waals surface area (Å²) in [5.74, 6) is -6.88. The molecule has 0 bridgehead atoms. The van der Waals surface area contributed by atoms with Crippen molar-refractivity contribution in [2.75, 3.05) is 20.3 Å². The lowest BCUT2D eigenvalue weighted by Crippen LogP contribution is -2.34. The van der Waals surface area contributed by atoms with Gasteiger partial charge in [-0.15, -0.1) is 5.10 Å². The summed E-state index contributed by atoms with van der Waals surface area (Å²) in [6, 6.07) is 12.3. The first-order valence-corrected chi connectivity index (χ1v) is 14.2. The van der Waals surface area contributed by atoms with Gasteiger partial charge in [0.1, 0.15) is 11.6 Å². The summed E-state index contributed by atoms with van der Waals surface area (Å²) < 4.78 is 87.6. The van der Waals surface area contributed by atoms with Gasteiger partial charge in [-0.05, 0) is 57.2 Å². The highest BCUT2D eigenvalue weighted by Crippen LogP contribution is 2.46. The van der Waals surface area contributed by atoms with Crippen LogP contribution < -0.4 is 10.1 Å². The first-order chi connectivity index (χ1) is 21.4. The fraction of sp³-hybridized carbons (Fsp3) is 0.344. The maximum absolute atomic E-state index is 15.2. The molecule has 3 aromatic rings. The highest BCUT2D eigenvalue weighted by atomic mass is 19.4. The predicted molar refractivity (Wildman–Crippen MR) is 154 cm³/mol. The summed E-state index contributed by atoms with van der Waals surface area (Å²) in [6.07, 6.45) is -2.89. The number of allylic oxidation sites excluding steroid dienone is 2. The summed E-state index contributed by atoms with van der Waals surface area (Å²) in [4.78, 5) is 26.0. The Morgan fingerprint density at radius 1 is 0.867 bits per heavy atom. The number of esters is 2. The van der Waals surface area contributed by atoms with Crippen molar-refractivity contribution in [1.82, 2.24) is 15.5 Å². The molecule has 0 saturated carbocycles. The third-order valence-corrected chi connectivity index (χ3v) is 7.26. The number of alkyl halides is 3. The number of aromatic nitrogens is 2. The number of methoxy groups -OCH3 is 1. The first-order valence-electron chi connectivity index (χ1n) is 14.2. The van der Waals surface area contributed by atoms with Gasteiger partial charge >= 0.3 is 18.1 Å². The molecule has 2 heterocycles. The van der Waals surface area contributed by atoms with Crippen molar-refractivity contribution in [2.45, 2.75) is 51.6 Å². The number of carbonyl (C=O) groups is 2. The molecule has 1 aromatic heterocycles. The number of rotatable bonds is 12. The number of dihydropyridines is 1. The molecule has 0 fully saturated rings. The topological polar surface area (TPSA) is 103 Å². The maximum Gasteiger partial charge on any atom is 0.419 e. The molecule has 0 radical (unpaired) electrons. The molecule has 1 aliphatic rings. The van der Waals surface area contributed by atoms with E-state index in [9.17, 15) is 27.2 Å². The predicted octanol–water partition coefficient (Wildman–Crippen LogP) is 6.96. The molecule has 4 rings (SSSR count). The Bertz CT molecular complexity index is 1600. The Balaban J connectivity index is 1.39. The zero-order valence-electron chi connectivity index (χ0n) is 24.8. The van der Waals surface area contributed by atoms with Gasteiger partial charge in [0.2, 0.25) is 5.88 Å². The molecule has 45 heavy (non-hydrogen) atoms. The number of nitrogens with zero attached hydrogens (tertiary/aromatic N) is 1. The molecule has 240 valence electrons. The van der Waals surface area contributed by atoms with Crippen molar-refractivity contribution in [3.8, 4) is 17.1 Å². The monoisotopic (exact) mass is 633 g/mol. The number of ether oxygens (including phenoxy) is 3. The Morgan fingerprint density at radius 3 is 2.13 bits per heavy atom. The van der Waals surface area contributed by atoms with Crippen LogP contribution in [0.25, 0.3) is 11.3 Å². The second-order valence-electron chi connectivity index (χ2n) is 10.3. The van der Waals surface area contributed by atoms with Crippen LogP contribution >= 0.6 is 0 Å². The highest BCUT2D eigenvalue weighted by molar-refractivity contribution is 6.00. The minimum Gasteiger partial charge on any atom is -0.477 e. The van der Waals surface area contributed by atoms with Crippen LogP contribution in [0.5, 0.6) is 5.88 Å². The second kappa shape index (κ2) is 14.4. The maximum atomic E-state index is 15.2. The summed E-state index contributed by atoms with van der Waals surface area (Å²) in [5.41, 5.74) is -2.21. The Kier molecular flexibility index (Phi) is 10.6. The fourth-order valence-electron chi connectivity index (χ4n) is 5.19. The molecular weight excluding hydrogens is 601 g/mol. The van der Waals surface area contributed by atoms with Crippen LogP contribution in [0.15, 0.2) is 71.1 Å². The van der Waals surface area contributed by atoms with Crippen molar-refractivity contribution in [3.05, 3.63) is 93.8 Å². The van der Waals surface area contributed by atoms with Crippen LogP contribution in [0.4, 0.5) is 22.0 Å². The lowest BCUT2D eigenvalue weighted by atomic mass is 9.78. The third-order valence-electron chi connectivity index (χ3n) is 7.26. The van der Waals surface area contributed by atoms with Gasteiger partial charge in [0, 0.05) is 23.0 Å². The Labute approximate surface area is 256 Å². The number of unbranched alkanes of at least 4 members (excludes halogenated alkanes) is 3. The van der Waals surface area contributed by atoms with Crippen molar-refractivity contribution in [3.63, 3.8) is 0 Å². The van der Waals surface area contributed by atoms with Crippen LogP contribution in [-0.4, -0.2) is 42.5 Å². The molecular formula is C32H32F5N3O5. The van der Waals surface area contributed by atoms with E-state index in [-0.39, 0.29) is 18.0 Å². The van der Waals surface area contributed by atoms with Crippen LogP contribution in [0.2, 0.25) is 0 Å². The minimum absolute atomic E-state index is 0.0195. The van der Waals surface area contributed by atoms with Crippen LogP contribution in [0.1, 0.15) is 56.6 Å². The van der Waals surface area contributed by atoms with Gasteiger partial charge in [-0.1, -0.05) is 30.3 Å². The number of nitrogens with one attached hydrogen (secondary N) is 2. The summed E-state index contributed by atoms with van der Waals surface area (Å²) in [7, 11) is 0.983. The zero-order valence-corrected chi connectivity index (χ0v) is 24.8. The molecule has 0 spiro atoms. The van der Waals surface area contributed by atoms with E-state index in [1.165, 1.54) is 13.8 Å². The quantitative estimate of drug-likeness (QED) is 0.126. The number of aromatic amines is 1. The zero-order chi connectivity index (χ0) is 32.7. The van der Waals surface area contributed by atoms with Crippen LogP contribution in [0.3, 0.4) is 0 Å². The van der Waals surface area contributed by atoms with Crippen molar-refractivity contribution in [1.29, 1.82) is 0 Å². The van der Waals surface area contributed by atoms with Crippen LogP contribution in [-0.2, 0) is 25.2 Å².